The average molecular weight is 223 g/mol. The fourth-order valence-corrected chi connectivity index (χ4v) is 1.77. The molecular weight excluding hydrogens is 202 g/mol. The number of phenols is 1. The van der Waals surface area contributed by atoms with Crippen LogP contribution in [0.5, 0.6) is 5.75 Å². The van der Waals surface area contributed by atoms with E-state index in [4.69, 9.17) is 5.73 Å². The molecule has 16 heavy (non-hydrogen) atoms. The van der Waals surface area contributed by atoms with Gasteiger partial charge in [-0.1, -0.05) is 24.6 Å². The summed E-state index contributed by atoms with van der Waals surface area (Å²) in [5.41, 5.74) is 7.60. The molecule has 1 aromatic rings. The topological polar surface area (TPSA) is 66.5 Å². The molecule has 0 saturated carbocycles. The number of aromatic hydroxyl groups is 1. The highest BCUT2D eigenvalue weighted by Crippen LogP contribution is 2.29. The van der Waals surface area contributed by atoms with Crippen molar-refractivity contribution in [3.63, 3.8) is 0 Å². The van der Waals surface area contributed by atoms with E-state index in [0.717, 1.165) is 11.1 Å². The van der Waals surface area contributed by atoms with Crippen LogP contribution < -0.4 is 5.73 Å². The number of phenolic OH excluding ortho intramolecular Hbond substituents is 1. The van der Waals surface area contributed by atoms with Gasteiger partial charge >= 0.3 is 0 Å². The van der Waals surface area contributed by atoms with Gasteiger partial charge in [-0.2, -0.15) is 0 Å². The molecule has 0 aromatic heterocycles. The summed E-state index contributed by atoms with van der Waals surface area (Å²) in [6.07, 6.45) is 0.0317. The highest BCUT2D eigenvalue weighted by atomic mass is 16.3. The summed E-state index contributed by atoms with van der Waals surface area (Å²) < 4.78 is 0. The van der Waals surface area contributed by atoms with Crippen molar-refractivity contribution in [2.45, 2.75) is 45.3 Å². The van der Waals surface area contributed by atoms with Crippen LogP contribution >= 0.6 is 0 Å². The van der Waals surface area contributed by atoms with E-state index in [2.05, 4.69) is 0 Å². The molecule has 0 spiro atoms. The van der Waals surface area contributed by atoms with E-state index in [1.54, 1.807) is 13.0 Å². The van der Waals surface area contributed by atoms with Gasteiger partial charge in [0.1, 0.15) is 5.75 Å². The Bertz CT molecular complexity index is 350. The van der Waals surface area contributed by atoms with Crippen LogP contribution in [0, 0.1) is 6.92 Å². The molecule has 3 atom stereocenters. The molecule has 3 unspecified atom stereocenters. The number of rotatable bonds is 4. The Balaban J connectivity index is 2.80. The molecule has 0 radical (unpaired) electrons. The molecule has 1 rings (SSSR count). The molecule has 0 saturated heterocycles. The average Bonchev–Trinajstić information content (AvgIpc) is 2.21. The number of hydrogen-bond acceptors (Lipinski definition) is 3. The molecule has 1 aromatic carbocycles. The van der Waals surface area contributed by atoms with Crippen molar-refractivity contribution >= 4 is 0 Å². The van der Waals surface area contributed by atoms with Gasteiger partial charge in [0, 0.05) is 6.04 Å². The zero-order valence-corrected chi connectivity index (χ0v) is 10.1. The van der Waals surface area contributed by atoms with Crippen molar-refractivity contribution in [3.8, 4) is 5.75 Å². The second-order valence-electron chi connectivity index (χ2n) is 4.63. The minimum Gasteiger partial charge on any atom is -0.508 e. The molecule has 0 aliphatic rings. The lowest BCUT2D eigenvalue weighted by molar-refractivity contribution is 0.134. The summed E-state index contributed by atoms with van der Waals surface area (Å²) in [6, 6.07) is 5.27. The number of aryl methyl sites for hydroxylation is 1. The monoisotopic (exact) mass is 223 g/mol. The molecule has 0 bridgehead atoms. The molecule has 0 aliphatic carbocycles. The van der Waals surface area contributed by atoms with Crippen LogP contribution in [0.2, 0.25) is 0 Å². The third kappa shape index (κ3) is 3.22. The van der Waals surface area contributed by atoms with Gasteiger partial charge in [-0.25, -0.2) is 0 Å². The summed E-state index contributed by atoms with van der Waals surface area (Å²) in [6.45, 7) is 5.76. The molecule has 0 heterocycles. The largest absolute Gasteiger partial charge is 0.508 e. The van der Waals surface area contributed by atoms with Crippen LogP contribution in [0.25, 0.3) is 0 Å². The normalized spacial score (nSPS) is 16.8. The van der Waals surface area contributed by atoms with Gasteiger partial charge in [-0.05, 0) is 37.8 Å². The standard InChI is InChI=1S/C13H21NO2/c1-8-4-5-12(15)11(6-8)9(2)7-13(16)10(3)14/h4-6,9-10,13,15-16H,7,14H2,1-3H3. The number of hydrogen-bond donors (Lipinski definition) is 3. The first-order valence-electron chi connectivity index (χ1n) is 5.65. The summed E-state index contributed by atoms with van der Waals surface area (Å²) in [5.74, 6) is 0.385. The first-order chi connectivity index (χ1) is 7.41. The predicted octanol–water partition coefficient (Wildman–Crippen LogP) is 1.90. The van der Waals surface area contributed by atoms with Crippen molar-refractivity contribution in [1.82, 2.24) is 0 Å². The van der Waals surface area contributed by atoms with Crippen LogP contribution in [-0.4, -0.2) is 22.4 Å². The Labute approximate surface area is 96.9 Å². The van der Waals surface area contributed by atoms with E-state index in [0.29, 0.717) is 6.42 Å². The van der Waals surface area contributed by atoms with E-state index >= 15 is 0 Å². The number of nitrogens with two attached hydrogens (primary N) is 1. The molecule has 0 fully saturated rings. The maximum absolute atomic E-state index is 9.74. The van der Waals surface area contributed by atoms with Gasteiger partial charge in [0.05, 0.1) is 6.10 Å². The van der Waals surface area contributed by atoms with E-state index in [1.807, 2.05) is 26.0 Å². The Morgan fingerprint density at radius 2 is 1.94 bits per heavy atom. The van der Waals surface area contributed by atoms with E-state index in [-0.39, 0.29) is 17.7 Å². The molecule has 0 aliphatic heterocycles. The molecule has 3 heteroatoms. The van der Waals surface area contributed by atoms with Crippen molar-refractivity contribution in [3.05, 3.63) is 29.3 Å². The lowest BCUT2D eigenvalue weighted by Crippen LogP contribution is -2.32. The SMILES string of the molecule is Cc1ccc(O)c(C(C)CC(O)C(C)N)c1. The van der Waals surface area contributed by atoms with Crippen LogP contribution in [-0.2, 0) is 0 Å². The van der Waals surface area contributed by atoms with E-state index < -0.39 is 6.10 Å². The summed E-state index contributed by atoms with van der Waals surface area (Å²) >= 11 is 0. The zero-order chi connectivity index (χ0) is 12.3. The van der Waals surface area contributed by atoms with Crippen molar-refractivity contribution in [2.24, 2.45) is 5.73 Å². The maximum atomic E-state index is 9.74. The number of aliphatic hydroxyl groups is 1. The zero-order valence-electron chi connectivity index (χ0n) is 10.1. The van der Waals surface area contributed by atoms with Crippen LogP contribution in [0.3, 0.4) is 0 Å². The Hall–Kier alpha value is -1.06. The van der Waals surface area contributed by atoms with Crippen LogP contribution in [0.4, 0.5) is 0 Å². The third-order valence-corrected chi connectivity index (χ3v) is 2.92. The fraction of sp³-hybridized carbons (Fsp3) is 0.538. The maximum Gasteiger partial charge on any atom is 0.119 e. The van der Waals surface area contributed by atoms with Crippen LogP contribution in [0.15, 0.2) is 18.2 Å². The lowest BCUT2D eigenvalue weighted by atomic mass is 9.91. The van der Waals surface area contributed by atoms with E-state index in [1.165, 1.54) is 0 Å². The van der Waals surface area contributed by atoms with Crippen molar-refractivity contribution in [2.75, 3.05) is 0 Å². The highest BCUT2D eigenvalue weighted by molar-refractivity contribution is 5.38. The van der Waals surface area contributed by atoms with Crippen molar-refractivity contribution in [1.29, 1.82) is 0 Å². The minimum absolute atomic E-state index is 0.0981. The van der Waals surface area contributed by atoms with Gasteiger partial charge < -0.3 is 15.9 Å². The van der Waals surface area contributed by atoms with Gasteiger partial charge in [-0.15, -0.1) is 0 Å². The summed E-state index contributed by atoms with van der Waals surface area (Å²) in [7, 11) is 0. The summed E-state index contributed by atoms with van der Waals surface area (Å²) in [5, 5.41) is 19.5. The molecular formula is C13H21NO2. The summed E-state index contributed by atoms with van der Waals surface area (Å²) in [4.78, 5) is 0. The smallest absolute Gasteiger partial charge is 0.119 e. The first-order valence-corrected chi connectivity index (χ1v) is 5.65. The van der Waals surface area contributed by atoms with Gasteiger partial charge in [0.25, 0.3) is 0 Å². The molecule has 3 nitrogen and oxygen atoms in total. The quantitative estimate of drug-likeness (QED) is 0.730. The second kappa shape index (κ2) is 5.32. The number of benzene rings is 1. The van der Waals surface area contributed by atoms with Crippen LogP contribution in [0.1, 0.15) is 37.3 Å². The second-order valence-corrected chi connectivity index (χ2v) is 4.63. The Morgan fingerprint density at radius 1 is 1.31 bits per heavy atom. The highest BCUT2D eigenvalue weighted by Gasteiger charge is 2.17. The molecule has 4 N–H and O–H groups in total. The lowest BCUT2D eigenvalue weighted by Gasteiger charge is -2.20. The predicted molar refractivity (Wildman–Crippen MR) is 65.5 cm³/mol. The van der Waals surface area contributed by atoms with Crippen molar-refractivity contribution < 1.29 is 10.2 Å². The first kappa shape index (κ1) is 13.0. The van der Waals surface area contributed by atoms with Gasteiger partial charge in [-0.3, -0.25) is 0 Å². The minimum atomic E-state index is -0.532. The molecule has 0 amide bonds. The van der Waals surface area contributed by atoms with E-state index in [9.17, 15) is 10.2 Å². The Kier molecular flexibility index (Phi) is 4.33. The Morgan fingerprint density at radius 3 is 2.50 bits per heavy atom. The molecule has 90 valence electrons. The third-order valence-electron chi connectivity index (χ3n) is 2.92. The fourth-order valence-electron chi connectivity index (χ4n) is 1.77. The van der Waals surface area contributed by atoms with Gasteiger partial charge in [0.2, 0.25) is 0 Å². The number of aliphatic hydroxyl groups excluding tert-OH is 1. The van der Waals surface area contributed by atoms with Gasteiger partial charge in [0.15, 0.2) is 0 Å².